The number of thiophene rings is 4. The molecule has 20 nitrogen and oxygen atoms in total. The number of halogens is 8. The van der Waals surface area contributed by atoms with Crippen molar-refractivity contribution in [1.82, 2.24) is 59.5 Å². The van der Waals surface area contributed by atoms with Crippen molar-refractivity contribution in [3.05, 3.63) is 207 Å². The molecule has 12 heterocycles. The van der Waals surface area contributed by atoms with Crippen LogP contribution in [0.5, 0.6) is 0 Å². The number of likely N-dealkylation sites (tertiary alicyclic amines) is 4. The average Bonchev–Trinajstić information content (AvgIpc) is 0.844. The van der Waals surface area contributed by atoms with E-state index in [1.165, 1.54) is 65.7 Å². The Morgan fingerprint density at radius 2 is 0.713 bits per heavy atom. The van der Waals surface area contributed by atoms with Gasteiger partial charge in [-0.1, -0.05) is 70.7 Å². The Labute approximate surface area is 690 Å². The SMILES string of the molecule is [2H]c1cc(C([2H])N2CC([2H])([2H])C([2H])(N([2H])c3ncnc4sc(Cl)c([2H])c34)C([2H])([2H])C2)cc(C#N)c1F.[2H]c1cc(C([2H])N2CCC(N([2H])c3ncnc4sc(Cl)c([2H])c34)CC2)cc(C#N)c1F.[2H]c1cc(C([2H])N2CCC([2H])(N([2H])c3ncnc4sc(Cl)c([2H])c34)CC2)cc(C#N)c1F.[2H]c1nc(N([2H])C2([2H])CCN(C([2H])c3cc([2H])c(F)c(C#N)c3)CC2)c2c([2H])c(Cl)sc2n1. The monoisotopic (exact) mass is 1630 g/mol. The summed E-state index contributed by atoms with van der Waals surface area (Å²) in [6.45, 7) is -3.48. The third kappa shape index (κ3) is 20.0. The Kier molecular flexibility index (Phi) is 17.6. The molecule has 0 amide bonds. The summed E-state index contributed by atoms with van der Waals surface area (Å²) in [5, 5.41) is 40.8. The third-order valence-corrected chi connectivity index (χ3v) is 20.8. The zero-order valence-electron chi connectivity index (χ0n) is 79.7. The highest BCUT2D eigenvalue weighted by molar-refractivity contribution is 7.23. The lowest BCUT2D eigenvalue weighted by molar-refractivity contribution is 0.211. The molecule has 4 saturated heterocycles. The van der Waals surface area contributed by atoms with E-state index < -0.39 is 123 Å². The molecule has 4 fully saturated rings. The molecule has 0 saturated carbocycles. The molecule has 0 bridgehead atoms. The molecule has 0 spiro atoms. The van der Waals surface area contributed by atoms with Crippen molar-refractivity contribution >= 4 is 156 Å². The number of piperidine rings is 4. The van der Waals surface area contributed by atoms with E-state index >= 15 is 0 Å². The fourth-order valence-electron chi connectivity index (χ4n) is 11.2. The van der Waals surface area contributed by atoms with E-state index in [1.54, 1.807) is 34.1 Å². The molecule has 16 rings (SSSR count). The molecule has 12 aromatic rings. The summed E-state index contributed by atoms with van der Waals surface area (Å²) in [5.41, 5.74) is -0.263. The van der Waals surface area contributed by atoms with Gasteiger partial charge in [-0.05, 0) is 146 Å². The summed E-state index contributed by atoms with van der Waals surface area (Å²) >= 11 is 28.4. The molecule has 0 aliphatic carbocycles. The highest BCUT2D eigenvalue weighted by Gasteiger charge is 2.27. The van der Waals surface area contributed by atoms with Gasteiger partial charge in [0, 0.05) is 114 Å². The first-order valence-corrected chi connectivity index (χ1v) is 37.2. The minimum atomic E-state index is -2.89. The van der Waals surface area contributed by atoms with Gasteiger partial charge in [-0.2, -0.15) is 21.0 Å². The molecule has 4 aromatic carbocycles. The number of aromatic nitrogens is 8. The third-order valence-electron chi connectivity index (χ3n) is 16.4. The summed E-state index contributed by atoms with van der Waals surface area (Å²) in [6.07, 6.45) is -0.329. The predicted molar refractivity (Wildman–Crippen MR) is 422 cm³/mol. The second kappa shape index (κ2) is 36.4. The van der Waals surface area contributed by atoms with E-state index in [1.807, 2.05) is 4.90 Å². The van der Waals surface area contributed by atoms with Crippen molar-refractivity contribution in [3.63, 3.8) is 0 Å². The smallest absolute Gasteiger partial charge is 0.162 e. The van der Waals surface area contributed by atoms with Gasteiger partial charge in [-0.25, -0.2) is 57.4 Å². The lowest BCUT2D eigenvalue weighted by Gasteiger charge is -2.32. The molecule has 552 valence electrons. The quantitative estimate of drug-likeness (QED) is 0.0655. The number of anilines is 4. The number of hydrogen-bond donors (Lipinski definition) is 4. The second-order valence-corrected chi connectivity index (χ2v) is 30.0. The van der Waals surface area contributed by atoms with Crippen LogP contribution in [0.2, 0.25) is 23.0 Å². The Morgan fingerprint density at radius 1 is 0.426 bits per heavy atom. The molecule has 4 unspecified atom stereocenters. The molecular weight excluding hydrogens is 1540 g/mol. The molecule has 0 radical (unpaired) electrons. The first kappa shape index (κ1) is 52.1. The number of hydrogen-bond acceptors (Lipinski definition) is 24. The fourth-order valence-corrected chi connectivity index (χ4v) is 15.1. The zero-order valence-corrected chi connectivity index (χ0v) is 62.0. The van der Waals surface area contributed by atoms with Crippen molar-refractivity contribution in [2.45, 2.75) is 101 Å². The van der Waals surface area contributed by atoms with Crippen molar-refractivity contribution in [2.24, 2.45) is 0 Å². The van der Waals surface area contributed by atoms with Crippen molar-refractivity contribution in [3.8, 4) is 24.3 Å². The highest BCUT2D eigenvalue weighted by atomic mass is 35.5. The van der Waals surface area contributed by atoms with Crippen LogP contribution in [0.4, 0.5) is 40.8 Å². The Bertz CT molecular complexity index is 6620. The number of benzene rings is 4. The largest absolute Gasteiger partial charge is 0.367 e. The molecule has 4 atom stereocenters. The van der Waals surface area contributed by atoms with E-state index in [0.717, 1.165) is 68.0 Å². The van der Waals surface area contributed by atoms with E-state index in [9.17, 15) is 17.6 Å². The number of nitriles is 4. The van der Waals surface area contributed by atoms with E-state index in [4.69, 9.17) is 101 Å². The molecular formula is C76H68Cl4F4N20S4. The number of fused-ring (bicyclic) bond motifs is 4. The van der Waals surface area contributed by atoms with Crippen LogP contribution in [0, 0.1) is 68.6 Å². The first-order valence-electron chi connectivity index (χ1n) is 44.5. The topological polar surface area (TPSA) is 259 Å². The molecule has 8 aromatic heterocycles. The Hall–Kier alpha value is -9.08. The van der Waals surface area contributed by atoms with Gasteiger partial charge < -0.3 is 21.2 Å². The summed E-state index contributed by atoms with van der Waals surface area (Å²) in [4.78, 5) is 40.4. The van der Waals surface area contributed by atoms with Gasteiger partial charge in [0.25, 0.3) is 0 Å². The van der Waals surface area contributed by atoms with Crippen LogP contribution in [-0.2, 0) is 26.1 Å². The van der Waals surface area contributed by atoms with Crippen LogP contribution >= 0.6 is 91.8 Å². The summed E-state index contributed by atoms with van der Waals surface area (Å²) < 4.78 is 257. The minimum Gasteiger partial charge on any atom is -0.367 e. The normalized spacial score (nSPS) is 21.9. The number of rotatable bonds is 16. The van der Waals surface area contributed by atoms with Gasteiger partial charge in [0.1, 0.15) is 117 Å². The van der Waals surface area contributed by atoms with Crippen molar-refractivity contribution in [2.75, 3.05) is 73.6 Å². The maximum Gasteiger partial charge on any atom is 0.162 e. The van der Waals surface area contributed by atoms with Crippen LogP contribution in [0.3, 0.4) is 0 Å². The molecule has 4 aliphatic heterocycles. The Morgan fingerprint density at radius 3 is 1.05 bits per heavy atom. The Balaban J connectivity index is 0.000000150. The van der Waals surface area contributed by atoms with Crippen LogP contribution in [-0.4, -0.2) is 136 Å². The van der Waals surface area contributed by atoms with Gasteiger partial charge in [-0.15, -0.1) is 45.3 Å². The van der Waals surface area contributed by atoms with E-state index in [-0.39, 0.29) is 144 Å². The van der Waals surface area contributed by atoms with Crippen LogP contribution in [0.15, 0.2) is 122 Å². The molecule has 108 heavy (non-hydrogen) atoms. The number of nitrogens with one attached hydrogen (secondary N) is 4. The fraction of sp³-hybridized carbons (Fsp3) is 0.316. The standard InChI is InChI=1S/4C19H17ClFN5S/c4*20-17-8-15-18(23-11-24-19(15)27-17)25-14-3-5-26(6-4-14)10-12-1-2-16(21)13(7-12)9-22/h4*1-2,7-8,11,14H,3-6,10H2,(H,23,24,25)/i2D,3D2,4D2,8D,10D,14D;2D,8D,10D,11D,14D;2D,8D,10D,14D;2D,8D,10D/hD4. The average molecular weight is 1630 g/mol. The van der Waals surface area contributed by atoms with Crippen LogP contribution < -0.4 is 21.2 Å². The lowest BCUT2D eigenvalue weighted by atomic mass is 10.0. The second-order valence-electron chi connectivity index (χ2n) is 23.6. The van der Waals surface area contributed by atoms with Gasteiger partial charge in [0.05, 0.1) is 76.2 Å². The highest BCUT2D eigenvalue weighted by Crippen LogP contribution is 2.37. The van der Waals surface area contributed by atoms with Crippen LogP contribution in [0.25, 0.3) is 40.9 Å². The van der Waals surface area contributed by atoms with Gasteiger partial charge in [0.2, 0.25) is 0 Å². The predicted octanol–water partition coefficient (Wildman–Crippen LogP) is 17.7. The number of nitrogens with zero attached hydrogens (tertiary/aromatic N) is 16. The molecule has 4 N–H and O–H groups in total. The summed E-state index contributed by atoms with van der Waals surface area (Å²) in [6, 6.07) is 8.47. The summed E-state index contributed by atoms with van der Waals surface area (Å²) in [7, 11) is 0. The zero-order chi connectivity index (χ0) is 96.4. The van der Waals surface area contributed by atoms with E-state index in [2.05, 4.69) is 39.9 Å². The van der Waals surface area contributed by atoms with Crippen molar-refractivity contribution < 1.29 is 50.6 Å². The maximum absolute atomic E-state index is 13.9. The minimum absolute atomic E-state index is 0.0140. The van der Waals surface area contributed by atoms with Gasteiger partial charge >= 0.3 is 0 Å². The maximum atomic E-state index is 13.9. The van der Waals surface area contributed by atoms with Gasteiger partial charge in [-0.3, -0.25) is 19.6 Å². The summed E-state index contributed by atoms with van der Waals surface area (Å²) in [5.74, 6) is -3.67. The van der Waals surface area contributed by atoms with Crippen LogP contribution in [0.1, 0.15) is 123 Å². The lowest BCUT2D eigenvalue weighted by Crippen LogP contribution is -2.38. The molecule has 4 aliphatic rings. The first-order chi connectivity index (χ1) is 62.2. The van der Waals surface area contributed by atoms with Gasteiger partial charge in [0.15, 0.2) is 5.65 Å². The molecule has 32 heteroatoms. The van der Waals surface area contributed by atoms with E-state index in [0.29, 0.717) is 96.4 Å². The van der Waals surface area contributed by atoms with Crippen molar-refractivity contribution in [1.29, 1.82) is 21.0 Å².